The van der Waals surface area contributed by atoms with Gasteiger partial charge in [0.1, 0.15) is 0 Å². The highest BCUT2D eigenvalue weighted by Gasteiger charge is 2.18. The van der Waals surface area contributed by atoms with E-state index in [4.69, 9.17) is 0 Å². The average Bonchev–Trinajstić information content (AvgIpc) is 2.63. The molecule has 1 unspecified atom stereocenters. The molecule has 2 aromatic carbocycles. The van der Waals surface area contributed by atoms with Crippen molar-refractivity contribution < 1.29 is 19.5 Å². The van der Waals surface area contributed by atoms with E-state index in [1.807, 2.05) is 13.8 Å². The Kier molecular flexibility index (Phi) is 6.71. The molecule has 0 radical (unpaired) electrons. The minimum absolute atomic E-state index is 0.0151. The summed E-state index contributed by atoms with van der Waals surface area (Å²) < 4.78 is 0. The molecule has 0 spiro atoms. The fraction of sp³-hybridized carbons (Fsp3) is 0.286. The Morgan fingerprint density at radius 2 is 1.59 bits per heavy atom. The number of nitrogens with one attached hydrogen (secondary N) is 2. The van der Waals surface area contributed by atoms with Crippen molar-refractivity contribution in [2.75, 3.05) is 10.6 Å². The van der Waals surface area contributed by atoms with Crippen LogP contribution in [0.4, 0.5) is 11.4 Å². The van der Waals surface area contributed by atoms with Gasteiger partial charge >= 0.3 is 5.97 Å². The van der Waals surface area contributed by atoms with Gasteiger partial charge in [-0.1, -0.05) is 38.5 Å². The second-order valence-corrected chi connectivity index (χ2v) is 6.46. The van der Waals surface area contributed by atoms with Crippen molar-refractivity contribution in [1.82, 2.24) is 0 Å². The molecule has 0 bridgehead atoms. The number of rotatable bonds is 7. The van der Waals surface area contributed by atoms with Crippen molar-refractivity contribution in [3.05, 3.63) is 59.2 Å². The first kappa shape index (κ1) is 20.2. The van der Waals surface area contributed by atoms with Gasteiger partial charge in [-0.05, 0) is 43.2 Å². The van der Waals surface area contributed by atoms with Crippen molar-refractivity contribution >= 4 is 29.2 Å². The number of para-hydroxylation sites is 1. The van der Waals surface area contributed by atoms with Crippen molar-refractivity contribution in [3.63, 3.8) is 0 Å². The molecule has 0 heterocycles. The van der Waals surface area contributed by atoms with E-state index < -0.39 is 11.9 Å². The zero-order valence-electron chi connectivity index (χ0n) is 15.7. The van der Waals surface area contributed by atoms with Gasteiger partial charge in [-0.3, -0.25) is 9.59 Å². The van der Waals surface area contributed by atoms with Crippen LogP contribution in [-0.2, 0) is 4.79 Å². The Labute approximate surface area is 158 Å². The van der Waals surface area contributed by atoms with Crippen molar-refractivity contribution in [1.29, 1.82) is 0 Å². The van der Waals surface area contributed by atoms with Gasteiger partial charge in [0.15, 0.2) is 0 Å². The standard InChI is InChI=1S/C21H24N2O4/c1-4-8-13(2)19(24)22-17-12-7-10-15(14(17)3)20(25)23-18-11-6-5-9-16(18)21(26)27/h5-7,9-13H,4,8H2,1-3H3,(H,22,24)(H,23,25)(H,26,27). The summed E-state index contributed by atoms with van der Waals surface area (Å²) in [5.41, 5.74) is 1.81. The number of carbonyl (C=O) groups is 3. The lowest BCUT2D eigenvalue weighted by molar-refractivity contribution is -0.119. The number of carboxylic acids is 1. The molecule has 1 atom stereocenters. The summed E-state index contributed by atoms with van der Waals surface area (Å²) in [6, 6.07) is 11.3. The number of benzene rings is 2. The third kappa shape index (κ3) is 4.94. The molecule has 0 aliphatic heterocycles. The molecular formula is C21H24N2O4. The number of hydrogen-bond donors (Lipinski definition) is 3. The maximum Gasteiger partial charge on any atom is 0.337 e. The molecule has 2 rings (SSSR count). The van der Waals surface area contributed by atoms with Crippen LogP contribution < -0.4 is 10.6 Å². The zero-order valence-corrected chi connectivity index (χ0v) is 15.7. The van der Waals surface area contributed by atoms with Gasteiger partial charge in [-0.25, -0.2) is 4.79 Å². The summed E-state index contributed by atoms with van der Waals surface area (Å²) >= 11 is 0. The Bertz CT molecular complexity index is 861. The van der Waals surface area contributed by atoms with Crippen LogP contribution in [0.3, 0.4) is 0 Å². The monoisotopic (exact) mass is 368 g/mol. The van der Waals surface area contributed by atoms with Crippen LogP contribution in [0.2, 0.25) is 0 Å². The molecule has 0 fully saturated rings. The summed E-state index contributed by atoms with van der Waals surface area (Å²) in [6.45, 7) is 5.64. The van der Waals surface area contributed by atoms with Gasteiger partial charge in [-0.15, -0.1) is 0 Å². The lowest BCUT2D eigenvalue weighted by atomic mass is 10.0. The van der Waals surface area contributed by atoms with Gasteiger partial charge in [-0.2, -0.15) is 0 Å². The molecule has 2 aromatic rings. The van der Waals surface area contributed by atoms with E-state index in [9.17, 15) is 19.5 Å². The van der Waals surface area contributed by atoms with Gasteiger partial charge in [0.25, 0.3) is 5.91 Å². The minimum atomic E-state index is -1.12. The van der Waals surface area contributed by atoms with Gasteiger partial charge in [0, 0.05) is 17.2 Å². The Morgan fingerprint density at radius 3 is 2.26 bits per heavy atom. The molecule has 0 aliphatic carbocycles. The molecule has 6 heteroatoms. The van der Waals surface area contributed by atoms with Crippen LogP contribution in [0.5, 0.6) is 0 Å². The predicted octanol–water partition coefficient (Wildman–Crippen LogP) is 4.32. The first-order valence-corrected chi connectivity index (χ1v) is 8.89. The van der Waals surface area contributed by atoms with Crippen LogP contribution in [0.15, 0.2) is 42.5 Å². The topological polar surface area (TPSA) is 95.5 Å². The van der Waals surface area contributed by atoms with E-state index >= 15 is 0 Å². The normalized spacial score (nSPS) is 11.5. The third-order valence-electron chi connectivity index (χ3n) is 4.41. The van der Waals surface area contributed by atoms with Crippen molar-refractivity contribution in [3.8, 4) is 0 Å². The van der Waals surface area contributed by atoms with E-state index in [2.05, 4.69) is 10.6 Å². The summed E-state index contributed by atoms with van der Waals surface area (Å²) in [7, 11) is 0. The number of anilines is 2. The number of aromatic carboxylic acids is 1. The lowest BCUT2D eigenvalue weighted by Crippen LogP contribution is -2.22. The molecule has 2 amide bonds. The number of amides is 2. The van der Waals surface area contributed by atoms with Crippen LogP contribution in [0.25, 0.3) is 0 Å². The first-order chi connectivity index (χ1) is 12.8. The highest BCUT2D eigenvalue weighted by atomic mass is 16.4. The van der Waals surface area contributed by atoms with E-state index in [0.29, 0.717) is 16.8 Å². The Hall–Kier alpha value is -3.15. The maximum absolute atomic E-state index is 12.7. The fourth-order valence-corrected chi connectivity index (χ4v) is 2.81. The quantitative estimate of drug-likeness (QED) is 0.678. The van der Waals surface area contributed by atoms with Crippen LogP contribution in [0.1, 0.15) is 53.0 Å². The van der Waals surface area contributed by atoms with E-state index in [1.54, 1.807) is 37.3 Å². The Balaban J connectivity index is 2.23. The number of hydrogen-bond acceptors (Lipinski definition) is 3. The van der Waals surface area contributed by atoms with Crippen LogP contribution >= 0.6 is 0 Å². The second kappa shape index (κ2) is 8.98. The lowest BCUT2D eigenvalue weighted by Gasteiger charge is -2.15. The second-order valence-electron chi connectivity index (χ2n) is 6.46. The van der Waals surface area contributed by atoms with Crippen LogP contribution in [0, 0.1) is 12.8 Å². The molecule has 142 valence electrons. The highest BCUT2D eigenvalue weighted by Crippen LogP contribution is 2.22. The van der Waals surface area contributed by atoms with Gasteiger partial charge in [0.2, 0.25) is 5.91 Å². The third-order valence-corrected chi connectivity index (χ3v) is 4.41. The molecule has 0 aromatic heterocycles. The molecule has 3 N–H and O–H groups in total. The predicted molar refractivity (Wildman–Crippen MR) is 105 cm³/mol. The Morgan fingerprint density at radius 1 is 0.963 bits per heavy atom. The SMILES string of the molecule is CCCC(C)C(=O)Nc1cccc(C(=O)Nc2ccccc2C(=O)O)c1C. The smallest absolute Gasteiger partial charge is 0.337 e. The van der Waals surface area contributed by atoms with E-state index in [1.165, 1.54) is 12.1 Å². The van der Waals surface area contributed by atoms with Crippen molar-refractivity contribution in [2.45, 2.75) is 33.6 Å². The van der Waals surface area contributed by atoms with E-state index in [-0.39, 0.29) is 23.1 Å². The van der Waals surface area contributed by atoms with Gasteiger partial charge < -0.3 is 15.7 Å². The summed E-state index contributed by atoms with van der Waals surface area (Å²) in [5.74, 6) is -1.75. The summed E-state index contributed by atoms with van der Waals surface area (Å²) in [4.78, 5) is 36.2. The molecule has 0 saturated heterocycles. The van der Waals surface area contributed by atoms with Gasteiger partial charge in [0.05, 0.1) is 11.3 Å². The zero-order chi connectivity index (χ0) is 20.0. The molecular weight excluding hydrogens is 344 g/mol. The van der Waals surface area contributed by atoms with Crippen molar-refractivity contribution in [2.24, 2.45) is 5.92 Å². The number of carbonyl (C=O) groups excluding carboxylic acids is 2. The molecule has 27 heavy (non-hydrogen) atoms. The molecule has 0 aliphatic rings. The maximum atomic E-state index is 12.7. The van der Waals surface area contributed by atoms with Crippen LogP contribution in [-0.4, -0.2) is 22.9 Å². The first-order valence-electron chi connectivity index (χ1n) is 8.89. The summed E-state index contributed by atoms with van der Waals surface area (Å²) in [6.07, 6.45) is 1.70. The highest BCUT2D eigenvalue weighted by molar-refractivity contribution is 6.09. The van der Waals surface area contributed by atoms with E-state index in [0.717, 1.165) is 12.8 Å². The molecule has 6 nitrogen and oxygen atoms in total. The fourth-order valence-electron chi connectivity index (χ4n) is 2.81. The largest absolute Gasteiger partial charge is 0.478 e. The summed E-state index contributed by atoms with van der Waals surface area (Å²) in [5, 5.41) is 14.8. The number of carboxylic acid groups (broad SMARTS) is 1. The molecule has 0 saturated carbocycles. The average molecular weight is 368 g/mol. The minimum Gasteiger partial charge on any atom is -0.478 e.